The minimum atomic E-state index is 0.564. The Morgan fingerprint density at radius 3 is 3.14 bits per heavy atom. The molecule has 1 saturated carbocycles. The van der Waals surface area contributed by atoms with Crippen LogP contribution >= 0.6 is 11.6 Å². The average molecular weight is 208 g/mol. The molecule has 1 N–H and O–H groups in total. The molecule has 72 valence electrons. The number of imidazole rings is 1. The van der Waals surface area contributed by atoms with E-state index in [0.717, 1.165) is 11.2 Å². The highest BCUT2D eigenvalue weighted by molar-refractivity contribution is 6.33. The summed E-state index contributed by atoms with van der Waals surface area (Å²) in [5.41, 5.74) is 2.05. The van der Waals surface area contributed by atoms with Crippen molar-refractivity contribution < 1.29 is 0 Å². The maximum absolute atomic E-state index is 6.01. The summed E-state index contributed by atoms with van der Waals surface area (Å²) >= 11 is 6.01. The fourth-order valence-corrected chi connectivity index (χ4v) is 1.82. The maximum Gasteiger partial charge on any atom is 0.156 e. The summed E-state index contributed by atoms with van der Waals surface area (Å²) in [7, 11) is 0. The number of pyridine rings is 1. The molecule has 0 aromatic carbocycles. The van der Waals surface area contributed by atoms with Crippen molar-refractivity contribution in [3.8, 4) is 0 Å². The van der Waals surface area contributed by atoms with Gasteiger partial charge in [-0.3, -0.25) is 0 Å². The average Bonchev–Trinajstić information content (AvgIpc) is 2.91. The first-order chi connectivity index (χ1) is 6.84. The predicted octanol–water partition coefficient (Wildman–Crippen LogP) is 2.56. The summed E-state index contributed by atoms with van der Waals surface area (Å²) < 4.78 is 1.94. The monoisotopic (exact) mass is 207 g/mol. The van der Waals surface area contributed by atoms with Crippen LogP contribution in [0.25, 0.3) is 5.52 Å². The van der Waals surface area contributed by atoms with Gasteiger partial charge in [-0.05, 0) is 25.0 Å². The minimum absolute atomic E-state index is 0.564. The zero-order valence-corrected chi connectivity index (χ0v) is 8.33. The number of rotatable bonds is 2. The van der Waals surface area contributed by atoms with Crippen molar-refractivity contribution in [2.75, 3.05) is 5.32 Å². The zero-order chi connectivity index (χ0) is 9.54. The SMILES string of the molecule is Clc1ncn2cccc(NC3CC3)c12. The molecule has 0 atom stereocenters. The fourth-order valence-electron chi connectivity index (χ4n) is 1.58. The van der Waals surface area contributed by atoms with E-state index in [0.29, 0.717) is 11.2 Å². The van der Waals surface area contributed by atoms with Crippen molar-refractivity contribution in [1.82, 2.24) is 9.38 Å². The van der Waals surface area contributed by atoms with Gasteiger partial charge in [0.2, 0.25) is 0 Å². The van der Waals surface area contributed by atoms with Gasteiger partial charge in [0.15, 0.2) is 5.15 Å². The van der Waals surface area contributed by atoms with E-state index in [-0.39, 0.29) is 0 Å². The fraction of sp³-hybridized carbons (Fsp3) is 0.300. The molecular formula is C10H10ClN3. The van der Waals surface area contributed by atoms with Crippen molar-refractivity contribution >= 4 is 22.8 Å². The lowest BCUT2D eigenvalue weighted by molar-refractivity contribution is 1.12. The number of aromatic nitrogens is 2. The van der Waals surface area contributed by atoms with Crippen LogP contribution in [-0.2, 0) is 0 Å². The van der Waals surface area contributed by atoms with E-state index in [9.17, 15) is 0 Å². The van der Waals surface area contributed by atoms with Crippen molar-refractivity contribution in [2.45, 2.75) is 18.9 Å². The molecule has 0 bridgehead atoms. The second-order valence-corrected chi connectivity index (χ2v) is 3.99. The number of nitrogens with one attached hydrogen (secondary N) is 1. The predicted molar refractivity (Wildman–Crippen MR) is 56.8 cm³/mol. The second kappa shape index (κ2) is 2.89. The van der Waals surface area contributed by atoms with Gasteiger partial charge in [0, 0.05) is 12.2 Å². The van der Waals surface area contributed by atoms with Gasteiger partial charge in [-0.2, -0.15) is 0 Å². The molecule has 1 fully saturated rings. The summed E-state index contributed by atoms with van der Waals surface area (Å²) in [6, 6.07) is 4.67. The standard InChI is InChI=1S/C10H10ClN3/c11-10-9-8(13-7-3-4-7)2-1-5-14(9)6-12-10/h1-2,5-7,13H,3-4H2. The van der Waals surface area contributed by atoms with E-state index < -0.39 is 0 Å². The van der Waals surface area contributed by atoms with E-state index in [1.807, 2.05) is 22.7 Å². The molecule has 2 heterocycles. The van der Waals surface area contributed by atoms with Gasteiger partial charge in [-0.1, -0.05) is 11.6 Å². The third kappa shape index (κ3) is 1.24. The molecule has 0 aliphatic heterocycles. The van der Waals surface area contributed by atoms with Gasteiger partial charge in [0.25, 0.3) is 0 Å². The Morgan fingerprint density at radius 2 is 2.36 bits per heavy atom. The molecule has 0 saturated heterocycles. The highest BCUT2D eigenvalue weighted by atomic mass is 35.5. The van der Waals surface area contributed by atoms with Crippen LogP contribution in [0.15, 0.2) is 24.7 Å². The number of fused-ring (bicyclic) bond motifs is 1. The minimum Gasteiger partial charge on any atom is -0.381 e. The Kier molecular flexibility index (Phi) is 1.67. The third-order valence-corrected chi connectivity index (χ3v) is 2.73. The normalized spacial score (nSPS) is 16.1. The van der Waals surface area contributed by atoms with Crippen molar-refractivity contribution in [2.24, 2.45) is 0 Å². The van der Waals surface area contributed by atoms with E-state index in [1.54, 1.807) is 6.33 Å². The summed E-state index contributed by atoms with van der Waals surface area (Å²) in [6.45, 7) is 0. The Balaban J connectivity index is 2.14. The van der Waals surface area contributed by atoms with Gasteiger partial charge < -0.3 is 9.72 Å². The smallest absolute Gasteiger partial charge is 0.156 e. The van der Waals surface area contributed by atoms with Crippen LogP contribution in [0.1, 0.15) is 12.8 Å². The molecule has 0 amide bonds. The van der Waals surface area contributed by atoms with E-state index in [4.69, 9.17) is 11.6 Å². The molecule has 1 aliphatic carbocycles. The largest absolute Gasteiger partial charge is 0.381 e. The van der Waals surface area contributed by atoms with E-state index in [2.05, 4.69) is 10.3 Å². The van der Waals surface area contributed by atoms with Crippen LogP contribution in [0.5, 0.6) is 0 Å². The molecule has 0 unspecified atom stereocenters. The zero-order valence-electron chi connectivity index (χ0n) is 7.57. The highest BCUT2D eigenvalue weighted by Crippen LogP contribution is 2.29. The van der Waals surface area contributed by atoms with Crippen LogP contribution < -0.4 is 5.32 Å². The summed E-state index contributed by atoms with van der Waals surface area (Å²) in [5, 5.41) is 4.00. The number of hydrogen-bond donors (Lipinski definition) is 1. The lowest BCUT2D eigenvalue weighted by Gasteiger charge is -2.06. The van der Waals surface area contributed by atoms with Gasteiger partial charge >= 0.3 is 0 Å². The van der Waals surface area contributed by atoms with Gasteiger partial charge in [0.1, 0.15) is 11.8 Å². The van der Waals surface area contributed by atoms with Crippen LogP contribution in [0, 0.1) is 0 Å². The second-order valence-electron chi connectivity index (χ2n) is 3.63. The molecule has 14 heavy (non-hydrogen) atoms. The molecular weight excluding hydrogens is 198 g/mol. The van der Waals surface area contributed by atoms with Gasteiger partial charge in [-0.25, -0.2) is 4.98 Å². The number of anilines is 1. The van der Waals surface area contributed by atoms with Gasteiger partial charge in [-0.15, -0.1) is 0 Å². The maximum atomic E-state index is 6.01. The lowest BCUT2D eigenvalue weighted by atomic mass is 10.3. The molecule has 2 aromatic heterocycles. The topological polar surface area (TPSA) is 29.3 Å². The molecule has 3 rings (SSSR count). The number of halogens is 1. The van der Waals surface area contributed by atoms with Crippen LogP contribution in [-0.4, -0.2) is 15.4 Å². The first-order valence-corrected chi connectivity index (χ1v) is 5.10. The van der Waals surface area contributed by atoms with Crippen LogP contribution in [0.4, 0.5) is 5.69 Å². The summed E-state index contributed by atoms with van der Waals surface area (Å²) in [5.74, 6) is 0. The third-order valence-electron chi connectivity index (χ3n) is 2.45. The Bertz CT molecular complexity index is 473. The number of nitrogens with zero attached hydrogens (tertiary/aromatic N) is 2. The summed E-state index contributed by atoms with van der Waals surface area (Å²) in [4.78, 5) is 4.07. The molecule has 0 spiro atoms. The van der Waals surface area contributed by atoms with Crippen molar-refractivity contribution in [3.05, 3.63) is 29.8 Å². The molecule has 1 aliphatic rings. The van der Waals surface area contributed by atoms with Crippen LogP contribution in [0.3, 0.4) is 0 Å². The molecule has 2 aromatic rings. The molecule has 0 radical (unpaired) electrons. The van der Waals surface area contributed by atoms with Gasteiger partial charge in [0.05, 0.1) is 5.69 Å². The Morgan fingerprint density at radius 1 is 1.50 bits per heavy atom. The van der Waals surface area contributed by atoms with E-state index >= 15 is 0 Å². The lowest BCUT2D eigenvalue weighted by Crippen LogP contribution is -2.02. The Hall–Kier alpha value is -1.22. The molecule has 3 nitrogen and oxygen atoms in total. The first kappa shape index (κ1) is 8.12. The van der Waals surface area contributed by atoms with Crippen molar-refractivity contribution in [1.29, 1.82) is 0 Å². The summed E-state index contributed by atoms with van der Waals surface area (Å²) in [6.07, 6.45) is 6.20. The highest BCUT2D eigenvalue weighted by Gasteiger charge is 2.22. The Labute approximate surface area is 86.7 Å². The van der Waals surface area contributed by atoms with E-state index in [1.165, 1.54) is 12.8 Å². The number of hydrogen-bond acceptors (Lipinski definition) is 2. The van der Waals surface area contributed by atoms with Crippen molar-refractivity contribution in [3.63, 3.8) is 0 Å². The first-order valence-electron chi connectivity index (χ1n) is 4.72. The van der Waals surface area contributed by atoms with Crippen LogP contribution in [0.2, 0.25) is 5.15 Å². The molecule has 4 heteroatoms. The quantitative estimate of drug-likeness (QED) is 0.820.